The highest BCUT2D eigenvalue weighted by molar-refractivity contribution is 5.93. The average Bonchev–Trinajstić information content (AvgIpc) is 3.12. The number of carbonyl (C=O) groups is 1. The van der Waals surface area contributed by atoms with E-state index in [-0.39, 0.29) is 24.3 Å². The van der Waals surface area contributed by atoms with Crippen LogP contribution in [0.15, 0.2) is 30.3 Å². The Hall–Kier alpha value is -2.38. The maximum absolute atomic E-state index is 12.6. The molecule has 7 nitrogen and oxygen atoms in total. The summed E-state index contributed by atoms with van der Waals surface area (Å²) in [5.74, 6) is 0.496. The van der Waals surface area contributed by atoms with Gasteiger partial charge in [-0.15, -0.1) is 0 Å². The number of aromatic hydroxyl groups is 1. The highest BCUT2D eigenvalue weighted by atomic mass is 16.3. The molecule has 1 amide bonds. The zero-order valence-electron chi connectivity index (χ0n) is 15.7. The standard InChI is InChI=1S/C20H28N4O3/c1-24(9-10-25)13-14-5-4-6-15(11-14)21-20(27)18-12-17(22-23-18)16-7-2-3-8-19(16)26/h2-3,7-8,12,14-15,25-26H,4-6,9-11,13H2,1H3,(H,21,27)(H,22,23)/t14-,15+/m1/s1. The Morgan fingerprint density at radius 2 is 2.19 bits per heavy atom. The predicted octanol–water partition coefficient (Wildman–Crippen LogP) is 1.99. The molecule has 0 radical (unpaired) electrons. The third-order valence-electron chi connectivity index (χ3n) is 5.17. The van der Waals surface area contributed by atoms with Gasteiger partial charge in [0.05, 0.1) is 12.3 Å². The number of hydrogen-bond donors (Lipinski definition) is 4. The molecule has 1 heterocycles. The van der Waals surface area contributed by atoms with E-state index in [4.69, 9.17) is 5.11 Å². The minimum absolute atomic E-state index is 0.137. The summed E-state index contributed by atoms with van der Waals surface area (Å²) in [7, 11) is 2.02. The van der Waals surface area contributed by atoms with Crippen molar-refractivity contribution in [3.63, 3.8) is 0 Å². The molecule has 0 saturated heterocycles. The molecule has 0 unspecified atom stereocenters. The molecule has 27 heavy (non-hydrogen) atoms. The van der Waals surface area contributed by atoms with E-state index in [1.165, 1.54) is 0 Å². The largest absolute Gasteiger partial charge is 0.507 e. The van der Waals surface area contributed by atoms with Crippen molar-refractivity contribution in [3.05, 3.63) is 36.0 Å². The lowest BCUT2D eigenvalue weighted by Gasteiger charge is -2.32. The first kappa shape index (κ1) is 19.4. The van der Waals surface area contributed by atoms with E-state index in [1.54, 1.807) is 24.3 Å². The number of phenols is 1. The molecule has 0 spiro atoms. The number of carbonyl (C=O) groups excluding carboxylic acids is 1. The fraction of sp³-hybridized carbons (Fsp3) is 0.500. The van der Waals surface area contributed by atoms with Crippen LogP contribution >= 0.6 is 0 Å². The SMILES string of the molecule is CN(CCO)C[C@@H]1CCC[C@H](NC(=O)c2cc(-c3ccccc3O)n[nH]2)C1. The molecule has 146 valence electrons. The third-order valence-corrected chi connectivity index (χ3v) is 5.17. The fourth-order valence-corrected chi connectivity index (χ4v) is 3.82. The summed E-state index contributed by atoms with van der Waals surface area (Å²) in [5.41, 5.74) is 1.54. The van der Waals surface area contributed by atoms with Crippen LogP contribution in [0.4, 0.5) is 0 Å². The van der Waals surface area contributed by atoms with Crippen LogP contribution in [-0.4, -0.2) is 64.0 Å². The van der Waals surface area contributed by atoms with Crippen molar-refractivity contribution < 1.29 is 15.0 Å². The normalized spacial score (nSPS) is 20.0. The number of H-pyrrole nitrogens is 1. The van der Waals surface area contributed by atoms with Gasteiger partial charge >= 0.3 is 0 Å². The van der Waals surface area contributed by atoms with Gasteiger partial charge in [-0.2, -0.15) is 5.10 Å². The van der Waals surface area contributed by atoms with Crippen LogP contribution in [0.1, 0.15) is 36.2 Å². The fourth-order valence-electron chi connectivity index (χ4n) is 3.82. The number of rotatable bonds is 7. The molecule has 2 atom stereocenters. The Balaban J connectivity index is 1.58. The van der Waals surface area contributed by atoms with Crippen molar-refractivity contribution in [2.45, 2.75) is 31.7 Å². The highest BCUT2D eigenvalue weighted by Gasteiger charge is 2.25. The minimum Gasteiger partial charge on any atom is -0.507 e. The second-order valence-corrected chi connectivity index (χ2v) is 7.37. The molecular formula is C20H28N4O3. The number of para-hydroxylation sites is 1. The first-order valence-electron chi connectivity index (χ1n) is 9.51. The lowest BCUT2D eigenvalue weighted by Crippen LogP contribution is -2.41. The minimum atomic E-state index is -0.168. The molecule has 1 saturated carbocycles. The summed E-state index contributed by atoms with van der Waals surface area (Å²) >= 11 is 0. The molecular weight excluding hydrogens is 344 g/mol. The molecule has 0 aliphatic heterocycles. The number of aliphatic hydroxyl groups excluding tert-OH is 1. The van der Waals surface area contributed by atoms with E-state index < -0.39 is 0 Å². The summed E-state index contributed by atoms with van der Waals surface area (Å²) in [6, 6.07) is 8.74. The van der Waals surface area contributed by atoms with Gasteiger partial charge in [0.15, 0.2) is 0 Å². The Labute approximate surface area is 159 Å². The van der Waals surface area contributed by atoms with E-state index in [0.29, 0.717) is 29.4 Å². The average molecular weight is 372 g/mol. The highest BCUT2D eigenvalue weighted by Crippen LogP contribution is 2.28. The molecule has 0 bridgehead atoms. The molecule has 4 N–H and O–H groups in total. The van der Waals surface area contributed by atoms with Gasteiger partial charge < -0.3 is 20.4 Å². The van der Waals surface area contributed by atoms with Crippen molar-refractivity contribution in [1.29, 1.82) is 0 Å². The molecule has 1 fully saturated rings. The summed E-state index contributed by atoms with van der Waals surface area (Å²) in [6.07, 6.45) is 4.17. The topological polar surface area (TPSA) is 101 Å². The summed E-state index contributed by atoms with van der Waals surface area (Å²) in [4.78, 5) is 14.7. The molecule has 1 aliphatic rings. The van der Waals surface area contributed by atoms with Gasteiger partial charge in [-0.25, -0.2) is 0 Å². The van der Waals surface area contributed by atoms with Crippen LogP contribution in [0, 0.1) is 5.92 Å². The quantitative estimate of drug-likeness (QED) is 0.595. The second-order valence-electron chi connectivity index (χ2n) is 7.37. The van der Waals surface area contributed by atoms with E-state index in [2.05, 4.69) is 20.4 Å². The molecule has 1 aliphatic carbocycles. The maximum Gasteiger partial charge on any atom is 0.269 e. The number of amides is 1. The number of aliphatic hydroxyl groups is 1. The van der Waals surface area contributed by atoms with Crippen molar-refractivity contribution >= 4 is 5.91 Å². The van der Waals surface area contributed by atoms with Gasteiger partial charge in [0, 0.05) is 24.7 Å². The van der Waals surface area contributed by atoms with Gasteiger partial charge in [-0.1, -0.05) is 18.6 Å². The molecule has 3 rings (SSSR count). The Morgan fingerprint density at radius 3 is 2.96 bits per heavy atom. The van der Waals surface area contributed by atoms with E-state index >= 15 is 0 Å². The number of nitrogens with zero attached hydrogens (tertiary/aromatic N) is 2. The number of nitrogens with one attached hydrogen (secondary N) is 2. The molecule has 1 aromatic carbocycles. The van der Waals surface area contributed by atoms with Crippen molar-refractivity contribution in [3.8, 4) is 17.0 Å². The first-order valence-corrected chi connectivity index (χ1v) is 9.51. The summed E-state index contributed by atoms with van der Waals surface area (Å²) in [6.45, 7) is 1.79. The Morgan fingerprint density at radius 1 is 1.37 bits per heavy atom. The maximum atomic E-state index is 12.6. The molecule has 1 aromatic heterocycles. The zero-order valence-corrected chi connectivity index (χ0v) is 15.7. The van der Waals surface area contributed by atoms with Gasteiger partial charge in [0.1, 0.15) is 11.4 Å². The number of benzene rings is 1. The van der Waals surface area contributed by atoms with Gasteiger partial charge in [0.2, 0.25) is 0 Å². The number of aromatic amines is 1. The number of phenolic OH excluding ortho intramolecular Hbond substituents is 1. The first-order chi connectivity index (χ1) is 13.1. The molecule has 7 heteroatoms. The van der Waals surface area contributed by atoms with E-state index in [0.717, 1.165) is 32.2 Å². The van der Waals surface area contributed by atoms with Gasteiger partial charge in [0.25, 0.3) is 5.91 Å². The Kier molecular flexibility index (Phi) is 6.47. The molecule has 2 aromatic rings. The van der Waals surface area contributed by atoms with Crippen LogP contribution in [0.25, 0.3) is 11.3 Å². The van der Waals surface area contributed by atoms with Gasteiger partial charge in [-0.05, 0) is 50.4 Å². The van der Waals surface area contributed by atoms with Crippen molar-refractivity contribution in [1.82, 2.24) is 20.4 Å². The van der Waals surface area contributed by atoms with Gasteiger partial charge in [-0.3, -0.25) is 9.89 Å². The lowest BCUT2D eigenvalue weighted by molar-refractivity contribution is 0.0908. The smallest absolute Gasteiger partial charge is 0.269 e. The van der Waals surface area contributed by atoms with E-state index in [1.807, 2.05) is 13.1 Å². The Bertz CT molecular complexity index is 761. The van der Waals surface area contributed by atoms with Crippen LogP contribution in [0.3, 0.4) is 0 Å². The number of likely N-dealkylation sites (N-methyl/N-ethyl adjacent to an activating group) is 1. The lowest BCUT2D eigenvalue weighted by atomic mass is 9.85. The van der Waals surface area contributed by atoms with Crippen molar-refractivity contribution in [2.75, 3.05) is 26.7 Å². The summed E-state index contributed by atoms with van der Waals surface area (Å²) in [5, 5.41) is 29.0. The van der Waals surface area contributed by atoms with Crippen LogP contribution in [0.2, 0.25) is 0 Å². The van der Waals surface area contributed by atoms with Crippen LogP contribution in [0.5, 0.6) is 5.75 Å². The second kappa shape index (κ2) is 9.01. The number of hydrogen-bond acceptors (Lipinski definition) is 5. The van der Waals surface area contributed by atoms with Crippen molar-refractivity contribution in [2.24, 2.45) is 5.92 Å². The number of aromatic nitrogens is 2. The monoisotopic (exact) mass is 372 g/mol. The van der Waals surface area contributed by atoms with E-state index in [9.17, 15) is 9.90 Å². The van der Waals surface area contributed by atoms with Crippen LogP contribution < -0.4 is 5.32 Å². The van der Waals surface area contributed by atoms with Crippen LogP contribution in [-0.2, 0) is 0 Å². The summed E-state index contributed by atoms with van der Waals surface area (Å²) < 4.78 is 0. The third kappa shape index (κ3) is 5.08. The predicted molar refractivity (Wildman–Crippen MR) is 103 cm³/mol. The zero-order chi connectivity index (χ0) is 19.2.